The minimum absolute atomic E-state index is 0.121. The third-order valence-corrected chi connectivity index (χ3v) is 5.42. The van der Waals surface area contributed by atoms with Crippen molar-refractivity contribution in [1.29, 1.82) is 0 Å². The highest BCUT2D eigenvalue weighted by atomic mass is 35.5. The van der Waals surface area contributed by atoms with Gasteiger partial charge in [-0.2, -0.15) is 0 Å². The number of hydrogen-bond donors (Lipinski definition) is 1. The van der Waals surface area contributed by atoms with Gasteiger partial charge in [0, 0.05) is 17.6 Å². The fraction of sp³-hybridized carbons (Fsp3) is 0.294. The molecule has 0 radical (unpaired) electrons. The molecular weight excluding hydrogens is 350 g/mol. The van der Waals surface area contributed by atoms with E-state index in [9.17, 15) is 8.42 Å². The molecule has 0 fully saturated rings. The number of rotatable bonds is 7. The Morgan fingerprint density at radius 3 is 2.71 bits per heavy atom. The van der Waals surface area contributed by atoms with Crippen LogP contribution in [0.5, 0.6) is 11.5 Å². The zero-order valence-corrected chi connectivity index (χ0v) is 14.6. The van der Waals surface area contributed by atoms with Crippen LogP contribution in [-0.2, 0) is 16.4 Å². The molecule has 24 heavy (non-hydrogen) atoms. The first-order valence-corrected chi connectivity index (χ1v) is 9.54. The van der Waals surface area contributed by atoms with Gasteiger partial charge in [-0.25, -0.2) is 13.1 Å². The van der Waals surface area contributed by atoms with Crippen molar-refractivity contribution in [2.75, 3.05) is 13.3 Å². The van der Waals surface area contributed by atoms with E-state index in [0.29, 0.717) is 18.0 Å². The summed E-state index contributed by atoms with van der Waals surface area (Å²) in [5, 5.41) is 0.719. The minimum atomic E-state index is -3.54. The van der Waals surface area contributed by atoms with E-state index in [4.69, 9.17) is 21.1 Å². The number of aryl methyl sites for hydroxylation is 1. The normalized spacial score (nSPS) is 13.2. The Morgan fingerprint density at radius 2 is 1.88 bits per heavy atom. The number of fused-ring (bicyclic) bond motifs is 1. The molecule has 2 aromatic rings. The van der Waals surface area contributed by atoms with Crippen LogP contribution in [0.15, 0.2) is 47.4 Å². The summed E-state index contributed by atoms with van der Waals surface area (Å²) in [4.78, 5) is 0.182. The van der Waals surface area contributed by atoms with Crippen molar-refractivity contribution in [3.05, 3.63) is 53.1 Å². The number of nitrogens with one attached hydrogen (secondary N) is 1. The molecule has 2 aromatic carbocycles. The van der Waals surface area contributed by atoms with E-state index >= 15 is 0 Å². The SMILES string of the molecule is O=S(=O)(NCCCCc1cccc(Cl)c1)c1ccc2c(c1)OCO2. The molecule has 1 heterocycles. The van der Waals surface area contributed by atoms with Crippen LogP contribution < -0.4 is 14.2 Å². The van der Waals surface area contributed by atoms with Crippen LogP contribution in [0.3, 0.4) is 0 Å². The van der Waals surface area contributed by atoms with Crippen molar-refractivity contribution >= 4 is 21.6 Å². The number of benzene rings is 2. The molecule has 0 atom stereocenters. The van der Waals surface area contributed by atoms with Crippen molar-refractivity contribution < 1.29 is 17.9 Å². The van der Waals surface area contributed by atoms with Gasteiger partial charge in [0.05, 0.1) is 4.90 Å². The van der Waals surface area contributed by atoms with Crippen molar-refractivity contribution in [3.8, 4) is 11.5 Å². The zero-order chi connectivity index (χ0) is 17.0. The predicted octanol–water partition coefficient (Wildman–Crippen LogP) is 3.37. The Morgan fingerprint density at radius 1 is 1.04 bits per heavy atom. The maximum Gasteiger partial charge on any atom is 0.240 e. The first kappa shape index (κ1) is 17.1. The number of halogens is 1. The number of unbranched alkanes of at least 4 members (excludes halogenated alkanes) is 1. The average Bonchev–Trinajstić information content (AvgIpc) is 3.02. The molecule has 0 unspecified atom stereocenters. The van der Waals surface area contributed by atoms with Crippen LogP contribution in [0, 0.1) is 0 Å². The molecule has 0 spiro atoms. The number of hydrogen-bond acceptors (Lipinski definition) is 4. The second-order valence-electron chi connectivity index (χ2n) is 5.50. The van der Waals surface area contributed by atoms with Gasteiger partial charge in [-0.3, -0.25) is 0 Å². The third-order valence-electron chi connectivity index (χ3n) is 3.73. The zero-order valence-electron chi connectivity index (χ0n) is 13.0. The molecule has 0 amide bonds. The third kappa shape index (κ3) is 4.20. The van der Waals surface area contributed by atoms with Crippen LogP contribution in [0.2, 0.25) is 5.02 Å². The van der Waals surface area contributed by atoms with Gasteiger partial charge in [0.15, 0.2) is 11.5 Å². The van der Waals surface area contributed by atoms with E-state index in [0.717, 1.165) is 29.8 Å². The van der Waals surface area contributed by atoms with Crippen molar-refractivity contribution in [3.63, 3.8) is 0 Å². The molecule has 0 saturated carbocycles. The van der Waals surface area contributed by atoms with E-state index < -0.39 is 10.0 Å². The Balaban J connectivity index is 1.49. The fourth-order valence-electron chi connectivity index (χ4n) is 2.48. The molecule has 1 aliphatic heterocycles. The number of sulfonamides is 1. The molecule has 1 N–H and O–H groups in total. The first-order valence-electron chi connectivity index (χ1n) is 7.68. The lowest BCUT2D eigenvalue weighted by Crippen LogP contribution is -2.24. The van der Waals surface area contributed by atoms with Gasteiger partial charge in [-0.15, -0.1) is 0 Å². The van der Waals surface area contributed by atoms with E-state index in [1.165, 1.54) is 12.1 Å². The van der Waals surface area contributed by atoms with Gasteiger partial charge in [0.1, 0.15) is 0 Å². The van der Waals surface area contributed by atoms with E-state index in [2.05, 4.69) is 4.72 Å². The topological polar surface area (TPSA) is 64.6 Å². The second kappa shape index (κ2) is 7.42. The van der Waals surface area contributed by atoms with Gasteiger partial charge in [0.25, 0.3) is 0 Å². The maximum absolute atomic E-state index is 12.3. The van der Waals surface area contributed by atoms with E-state index in [-0.39, 0.29) is 11.7 Å². The van der Waals surface area contributed by atoms with Crippen LogP contribution in [0.1, 0.15) is 18.4 Å². The second-order valence-corrected chi connectivity index (χ2v) is 7.70. The summed E-state index contributed by atoms with van der Waals surface area (Å²) >= 11 is 5.94. The summed E-state index contributed by atoms with van der Waals surface area (Å²) in [6.45, 7) is 0.507. The molecule has 1 aliphatic rings. The average molecular weight is 368 g/mol. The molecule has 0 aromatic heterocycles. The maximum atomic E-state index is 12.3. The summed E-state index contributed by atoms with van der Waals surface area (Å²) in [7, 11) is -3.54. The van der Waals surface area contributed by atoms with Gasteiger partial charge in [-0.05, 0) is 49.1 Å². The minimum Gasteiger partial charge on any atom is -0.454 e. The summed E-state index contributed by atoms with van der Waals surface area (Å²) in [6.07, 6.45) is 2.49. The highest BCUT2D eigenvalue weighted by molar-refractivity contribution is 7.89. The smallest absolute Gasteiger partial charge is 0.240 e. The van der Waals surface area contributed by atoms with Crippen molar-refractivity contribution in [1.82, 2.24) is 4.72 Å². The Bertz CT molecular complexity index is 823. The summed E-state index contributed by atoms with van der Waals surface area (Å²) < 4.78 is 37.6. The standard InChI is InChI=1S/C17H18ClNO4S/c18-14-6-3-5-13(10-14)4-1-2-9-19-24(20,21)15-7-8-16-17(11-15)23-12-22-16/h3,5-8,10-11,19H,1-2,4,9,12H2. The summed E-state index contributed by atoms with van der Waals surface area (Å²) in [5.74, 6) is 1.02. The lowest BCUT2D eigenvalue weighted by Gasteiger charge is -2.08. The van der Waals surface area contributed by atoms with Crippen LogP contribution in [-0.4, -0.2) is 21.8 Å². The van der Waals surface area contributed by atoms with Gasteiger partial charge in [-0.1, -0.05) is 23.7 Å². The monoisotopic (exact) mass is 367 g/mol. The van der Waals surface area contributed by atoms with Crippen LogP contribution in [0.4, 0.5) is 0 Å². The number of ether oxygens (including phenoxy) is 2. The summed E-state index contributed by atoms with van der Waals surface area (Å²) in [6, 6.07) is 12.3. The molecule has 7 heteroatoms. The lowest BCUT2D eigenvalue weighted by molar-refractivity contribution is 0.174. The van der Waals surface area contributed by atoms with Crippen molar-refractivity contribution in [2.45, 2.75) is 24.2 Å². The largest absolute Gasteiger partial charge is 0.454 e. The molecule has 3 rings (SSSR count). The lowest BCUT2D eigenvalue weighted by atomic mass is 10.1. The molecule has 0 aliphatic carbocycles. The first-order chi connectivity index (χ1) is 11.5. The van der Waals surface area contributed by atoms with Crippen LogP contribution in [0.25, 0.3) is 0 Å². The fourth-order valence-corrected chi connectivity index (χ4v) is 3.78. The van der Waals surface area contributed by atoms with Crippen LogP contribution >= 0.6 is 11.6 Å². The Hall–Kier alpha value is -1.76. The highest BCUT2D eigenvalue weighted by Crippen LogP contribution is 2.33. The molecule has 5 nitrogen and oxygen atoms in total. The highest BCUT2D eigenvalue weighted by Gasteiger charge is 2.19. The Kier molecular flexibility index (Phi) is 5.28. The van der Waals surface area contributed by atoms with Gasteiger partial charge in [0.2, 0.25) is 16.8 Å². The Labute approximate surface area is 146 Å². The van der Waals surface area contributed by atoms with E-state index in [1.807, 2.05) is 24.3 Å². The predicted molar refractivity (Wildman–Crippen MR) is 92.1 cm³/mol. The molecular formula is C17H18ClNO4S. The molecule has 128 valence electrons. The van der Waals surface area contributed by atoms with Gasteiger partial charge >= 0.3 is 0 Å². The van der Waals surface area contributed by atoms with Crippen molar-refractivity contribution in [2.24, 2.45) is 0 Å². The summed E-state index contributed by atoms with van der Waals surface area (Å²) in [5.41, 5.74) is 1.15. The quantitative estimate of drug-likeness (QED) is 0.762. The van der Waals surface area contributed by atoms with Gasteiger partial charge < -0.3 is 9.47 Å². The molecule has 0 saturated heterocycles. The van der Waals surface area contributed by atoms with E-state index in [1.54, 1.807) is 6.07 Å². The molecule has 0 bridgehead atoms.